The number of carbonyl (C=O) groups is 3. The van der Waals surface area contributed by atoms with Gasteiger partial charge in [-0.3, -0.25) is 19.4 Å². The van der Waals surface area contributed by atoms with Crippen molar-refractivity contribution in [2.24, 2.45) is 16.4 Å². The SMILES string of the molecule is CCC(C)(CC)C(=O)c1cccc(C2CC(NC(=O)[C@@H]3CNC(=O)C3)=NN2c2ccccc2)c1. The second-order valence-electron chi connectivity index (χ2n) is 9.36. The number of amides is 2. The summed E-state index contributed by atoms with van der Waals surface area (Å²) in [6.07, 6.45) is 2.25. The molecule has 2 aliphatic rings. The second-order valence-corrected chi connectivity index (χ2v) is 9.36. The van der Waals surface area contributed by atoms with Crippen LogP contribution in [0.25, 0.3) is 0 Å². The van der Waals surface area contributed by atoms with Crippen molar-refractivity contribution < 1.29 is 14.4 Å². The van der Waals surface area contributed by atoms with Gasteiger partial charge in [-0.25, -0.2) is 0 Å². The van der Waals surface area contributed by atoms with Crippen LogP contribution >= 0.6 is 0 Å². The first-order valence-corrected chi connectivity index (χ1v) is 12.0. The zero-order valence-corrected chi connectivity index (χ0v) is 20.0. The number of anilines is 1. The van der Waals surface area contributed by atoms with Gasteiger partial charge >= 0.3 is 0 Å². The highest BCUT2D eigenvalue weighted by molar-refractivity contribution is 6.03. The summed E-state index contributed by atoms with van der Waals surface area (Å²) in [5.41, 5.74) is 2.17. The molecule has 4 rings (SSSR count). The fourth-order valence-corrected chi connectivity index (χ4v) is 4.51. The van der Waals surface area contributed by atoms with Crippen molar-refractivity contribution >= 4 is 29.1 Å². The molecule has 0 radical (unpaired) electrons. The van der Waals surface area contributed by atoms with Gasteiger partial charge in [0.25, 0.3) is 0 Å². The van der Waals surface area contributed by atoms with E-state index >= 15 is 0 Å². The van der Waals surface area contributed by atoms with Crippen LogP contribution in [-0.4, -0.2) is 30.0 Å². The number of hydrazone groups is 1. The number of nitrogens with zero attached hydrogens (tertiary/aromatic N) is 2. The molecule has 7 heteroatoms. The lowest BCUT2D eigenvalue weighted by molar-refractivity contribution is -0.125. The number of carbonyl (C=O) groups excluding carboxylic acids is 3. The summed E-state index contributed by atoms with van der Waals surface area (Å²) in [4.78, 5) is 37.5. The van der Waals surface area contributed by atoms with Crippen LogP contribution in [0, 0.1) is 11.3 Å². The maximum Gasteiger partial charge on any atom is 0.230 e. The van der Waals surface area contributed by atoms with E-state index in [9.17, 15) is 14.4 Å². The van der Waals surface area contributed by atoms with Gasteiger partial charge in [-0.05, 0) is 36.6 Å². The van der Waals surface area contributed by atoms with Gasteiger partial charge in [0, 0.05) is 30.4 Å². The molecule has 7 nitrogen and oxygen atoms in total. The molecule has 2 aromatic rings. The number of amidine groups is 1. The molecule has 2 aromatic carbocycles. The van der Waals surface area contributed by atoms with Crippen molar-refractivity contribution in [2.75, 3.05) is 11.6 Å². The highest BCUT2D eigenvalue weighted by Crippen LogP contribution is 2.36. The predicted octanol–water partition coefficient (Wildman–Crippen LogP) is 4.21. The van der Waals surface area contributed by atoms with Gasteiger partial charge in [-0.1, -0.05) is 57.2 Å². The van der Waals surface area contributed by atoms with Crippen LogP contribution in [0.15, 0.2) is 59.7 Å². The summed E-state index contributed by atoms with van der Waals surface area (Å²) < 4.78 is 0. The van der Waals surface area contributed by atoms with Crippen molar-refractivity contribution in [1.29, 1.82) is 0 Å². The zero-order chi connectivity index (χ0) is 24.3. The number of Topliss-reactive ketones (excluding diaryl/α,β-unsaturated/α-hetero) is 1. The van der Waals surface area contributed by atoms with Crippen LogP contribution in [0.2, 0.25) is 0 Å². The smallest absolute Gasteiger partial charge is 0.230 e. The average molecular weight is 461 g/mol. The first kappa shape index (κ1) is 23.7. The molecule has 0 aliphatic carbocycles. The van der Waals surface area contributed by atoms with Crippen LogP contribution in [0.4, 0.5) is 5.69 Å². The molecule has 2 N–H and O–H groups in total. The molecule has 0 saturated carbocycles. The van der Waals surface area contributed by atoms with E-state index in [0.717, 1.165) is 24.1 Å². The number of nitrogens with one attached hydrogen (secondary N) is 2. The Hall–Kier alpha value is -3.48. The van der Waals surface area contributed by atoms with E-state index in [1.807, 2.05) is 66.5 Å². The first-order chi connectivity index (χ1) is 16.3. The van der Waals surface area contributed by atoms with Gasteiger partial charge in [0.05, 0.1) is 17.6 Å². The van der Waals surface area contributed by atoms with Crippen molar-refractivity contribution in [3.8, 4) is 0 Å². The molecular weight excluding hydrogens is 428 g/mol. The molecule has 2 aliphatic heterocycles. The summed E-state index contributed by atoms with van der Waals surface area (Å²) >= 11 is 0. The van der Waals surface area contributed by atoms with E-state index in [4.69, 9.17) is 5.10 Å². The molecular formula is C27H32N4O3. The highest BCUT2D eigenvalue weighted by atomic mass is 16.2. The Morgan fingerprint density at radius 2 is 1.82 bits per heavy atom. The lowest BCUT2D eigenvalue weighted by Gasteiger charge is -2.27. The summed E-state index contributed by atoms with van der Waals surface area (Å²) in [5.74, 6) is 0.0146. The second kappa shape index (κ2) is 9.79. The van der Waals surface area contributed by atoms with Crippen LogP contribution in [-0.2, 0) is 9.59 Å². The summed E-state index contributed by atoms with van der Waals surface area (Å²) in [6.45, 7) is 6.47. The van der Waals surface area contributed by atoms with Crippen molar-refractivity contribution in [1.82, 2.24) is 10.6 Å². The fraction of sp³-hybridized carbons (Fsp3) is 0.407. The van der Waals surface area contributed by atoms with Crippen molar-refractivity contribution in [2.45, 2.75) is 52.5 Å². The third-order valence-corrected chi connectivity index (χ3v) is 7.19. The summed E-state index contributed by atoms with van der Waals surface area (Å²) in [6, 6.07) is 17.4. The number of para-hydroxylation sites is 1. The van der Waals surface area contributed by atoms with E-state index in [-0.39, 0.29) is 36.0 Å². The number of benzene rings is 2. The highest BCUT2D eigenvalue weighted by Gasteiger charge is 2.35. The third kappa shape index (κ3) is 4.74. The van der Waals surface area contributed by atoms with E-state index < -0.39 is 5.41 Å². The lowest BCUT2D eigenvalue weighted by atomic mass is 9.77. The van der Waals surface area contributed by atoms with E-state index in [2.05, 4.69) is 24.5 Å². The molecule has 1 fully saturated rings. The zero-order valence-electron chi connectivity index (χ0n) is 20.0. The Kier molecular flexibility index (Phi) is 6.82. The minimum Gasteiger partial charge on any atom is -0.355 e. The molecule has 2 heterocycles. The van der Waals surface area contributed by atoms with E-state index in [0.29, 0.717) is 24.4 Å². The van der Waals surface area contributed by atoms with Crippen LogP contribution < -0.4 is 15.6 Å². The van der Waals surface area contributed by atoms with Gasteiger partial charge in [-0.15, -0.1) is 0 Å². The van der Waals surface area contributed by atoms with Gasteiger partial charge < -0.3 is 10.6 Å². The molecule has 1 unspecified atom stereocenters. The number of hydrogen-bond donors (Lipinski definition) is 2. The third-order valence-electron chi connectivity index (χ3n) is 7.19. The van der Waals surface area contributed by atoms with Crippen molar-refractivity contribution in [3.63, 3.8) is 0 Å². The van der Waals surface area contributed by atoms with Gasteiger partial charge in [0.1, 0.15) is 5.84 Å². The fourth-order valence-electron chi connectivity index (χ4n) is 4.51. The summed E-state index contributed by atoms with van der Waals surface area (Å²) in [5, 5.41) is 12.3. The van der Waals surface area contributed by atoms with Crippen molar-refractivity contribution in [3.05, 3.63) is 65.7 Å². The number of hydrogen-bond acceptors (Lipinski definition) is 5. The molecule has 34 heavy (non-hydrogen) atoms. The molecule has 1 saturated heterocycles. The standard InChI is InChI=1S/C27H32N4O3/c1-4-27(3,5-2)25(33)19-11-9-10-18(14-19)22-16-23(29-26(34)20-15-24(32)28-17-20)30-31(22)21-12-7-6-8-13-21/h6-14,20,22H,4-5,15-17H2,1-3H3,(H,28,32)(H,29,30,34)/t20-,22?/m0/s1. The Balaban J connectivity index is 1.61. The van der Waals surface area contributed by atoms with Crippen LogP contribution in [0.3, 0.4) is 0 Å². The number of rotatable bonds is 7. The minimum absolute atomic E-state index is 0.107. The molecule has 178 valence electrons. The monoisotopic (exact) mass is 460 g/mol. The largest absolute Gasteiger partial charge is 0.355 e. The van der Waals surface area contributed by atoms with Gasteiger partial charge in [0.15, 0.2) is 5.78 Å². The Labute approximate surface area is 200 Å². The normalized spacial score (nSPS) is 20.1. The first-order valence-electron chi connectivity index (χ1n) is 12.0. The van der Waals surface area contributed by atoms with E-state index in [1.165, 1.54) is 0 Å². The van der Waals surface area contributed by atoms with Gasteiger partial charge in [0.2, 0.25) is 11.8 Å². The molecule has 0 aromatic heterocycles. The quantitative estimate of drug-likeness (QED) is 0.606. The Morgan fingerprint density at radius 1 is 1.09 bits per heavy atom. The lowest BCUT2D eigenvalue weighted by Crippen LogP contribution is -2.36. The molecule has 2 amide bonds. The van der Waals surface area contributed by atoms with Gasteiger partial charge in [-0.2, -0.15) is 5.10 Å². The predicted molar refractivity (Wildman–Crippen MR) is 132 cm³/mol. The van der Waals surface area contributed by atoms with Crippen LogP contribution in [0.5, 0.6) is 0 Å². The summed E-state index contributed by atoms with van der Waals surface area (Å²) in [7, 11) is 0. The van der Waals surface area contributed by atoms with E-state index in [1.54, 1.807) is 0 Å². The number of ketones is 1. The molecule has 2 atom stereocenters. The minimum atomic E-state index is -0.393. The molecule has 0 spiro atoms. The Morgan fingerprint density at radius 3 is 2.47 bits per heavy atom. The molecule has 0 bridgehead atoms. The average Bonchev–Trinajstić information content (AvgIpc) is 3.50. The van der Waals surface area contributed by atoms with Crippen LogP contribution in [0.1, 0.15) is 68.4 Å². The maximum absolute atomic E-state index is 13.3. The Bertz CT molecular complexity index is 1110. The topological polar surface area (TPSA) is 90.9 Å². The maximum atomic E-state index is 13.3.